The Morgan fingerprint density at radius 3 is 3.05 bits per heavy atom. The van der Waals surface area contributed by atoms with Crippen LogP contribution in [0.4, 0.5) is 0 Å². The van der Waals surface area contributed by atoms with Gasteiger partial charge in [0, 0.05) is 11.8 Å². The van der Waals surface area contributed by atoms with E-state index in [9.17, 15) is 4.79 Å². The largest absolute Gasteiger partial charge is 0.494 e. The molecule has 1 amide bonds. The Morgan fingerprint density at radius 2 is 2.32 bits per heavy atom. The molecular formula is C16H21N3O2S. The number of carbonyl (C=O) groups excluding carboxylic acids is 1. The summed E-state index contributed by atoms with van der Waals surface area (Å²) in [6.07, 6.45) is 0.698. The number of thiazole rings is 1. The summed E-state index contributed by atoms with van der Waals surface area (Å²) in [5, 5.41) is 5.61. The van der Waals surface area contributed by atoms with Gasteiger partial charge in [-0.2, -0.15) is 0 Å². The summed E-state index contributed by atoms with van der Waals surface area (Å²) in [7, 11) is 0. The molecule has 118 valence electrons. The van der Waals surface area contributed by atoms with Crippen LogP contribution in [-0.4, -0.2) is 24.0 Å². The first-order valence-corrected chi connectivity index (χ1v) is 8.20. The molecule has 0 aliphatic heterocycles. The Labute approximate surface area is 134 Å². The van der Waals surface area contributed by atoms with E-state index in [0.717, 1.165) is 16.3 Å². The molecule has 5 nitrogen and oxygen atoms in total. The summed E-state index contributed by atoms with van der Waals surface area (Å²) < 4.78 is 5.48. The summed E-state index contributed by atoms with van der Waals surface area (Å²) in [5.41, 5.74) is 6.94. The Bertz CT molecular complexity index is 627. The first-order valence-electron chi connectivity index (χ1n) is 7.32. The van der Waals surface area contributed by atoms with Crippen molar-refractivity contribution in [2.45, 2.75) is 26.3 Å². The monoisotopic (exact) mass is 319 g/mol. The van der Waals surface area contributed by atoms with Crippen LogP contribution in [0.15, 0.2) is 29.6 Å². The number of carbonyl (C=O) groups is 1. The second-order valence-corrected chi connectivity index (χ2v) is 5.81. The van der Waals surface area contributed by atoms with Crippen molar-refractivity contribution in [2.75, 3.05) is 13.2 Å². The second-order valence-electron chi connectivity index (χ2n) is 4.87. The highest BCUT2D eigenvalue weighted by Crippen LogP contribution is 2.20. The van der Waals surface area contributed by atoms with Crippen LogP contribution in [-0.2, 0) is 6.42 Å². The minimum atomic E-state index is -0.172. The number of rotatable bonds is 7. The van der Waals surface area contributed by atoms with Crippen LogP contribution in [0, 0.1) is 0 Å². The predicted molar refractivity (Wildman–Crippen MR) is 88.4 cm³/mol. The lowest BCUT2D eigenvalue weighted by molar-refractivity contribution is 0.0935. The molecule has 0 bridgehead atoms. The molecule has 0 radical (unpaired) electrons. The summed E-state index contributed by atoms with van der Waals surface area (Å²) in [6, 6.07) is 7.61. The number of hydrogen-bond donors (Lipinski definition) is 2. The maximum absolute atomic E-state index is 12.2. The minimum Gasteiger partial charge on any atom is -0.494 e. The second kappa shape index (κ2) is 7.91. The fraction of sp³-hybridized carbons (Fsp3) is 0.375. The van der Waals surface area contributed by atoms with Crippen LogP contribution in [0.5, 0.6) is 5.75 Å². The van der Waals surface area contributed by atoms with E-state index < -0.39 is 0 Å². The van der Waals surface area contributed by atoms with Gasteiger partial charge in [0.25, 0.3) is 5.91 Å². The van der Waals surface area contributed by atoms with E-state index in [-0.39, 0.29) is 11.9 Å². The maximum atomic E-state index is 12.2. The van der Waals surface area contributed by atoms with Gasteiger partial charge in [-0.25, -0.2) is 4.98 Å². The van der Waals surface area contributed by atoms with Crippen LogP contribution < -0.4 is 15.8 Å². The molecule has 1 atom stereocenters. The van der Waals surface area contributed by atoms with E-state index >= 15 is 0 Å². The fourth-order valence-electron chi connectivity index (χ4n) is 2.05. The lowest BCUT2D eigenvalue weighted by atomic mass is 10.1. The predicted octanol–water partition coefficient (Wildman–Crippen LogP) is 2.53. The van der Waals surface area contributed by atoms with E-state index in [2.05, 4.69) is 10.3 Å². The zero-order chi connectivity index (χ0) is 15.9. The van der Waals surface area contributed by atoms with Crippen molar-refractivity contribution < 1.29 is 9.53 Å². The van der Waals surface area contributed by atoms with Crippen molar-refractivity contribution in [3.63, 3.8) is 0 Å². The van der Waals surface area contributed by atoms with Gasteiger partial charge in [-0.3, -0.25) is 4.79 Å². The van der Waals surface area contributed by atoms with Gasteiger partial charge in [-0.05, 0) is 38.1 Å². The van der Waals surface area contributed by atoms with Crippen molar-refractivity contribution in [3.05, 3.63) is 45.9 Å². The highest BCUT2D eigenvalue weighted by atomic mass is 32.1. The molecule has 2 aromatic rings. The Morgan fingerprint density at radius 1 is 1.50 bits per heavy atom. The fourth-order valence-corrected chi connectivity index (χ4v) is 2.84. The minimum absolute atomic E-state index is 0.118. The number of nitrogens with two attached hydrogens (primary N) is 1. The lowest BCUT2D eigenvalue weighted by Gasteiger charge is -2.14. The molecule has 0 saturated heterocycles. The standard InChI is InChI=1S/C16H21N3O2S/c1-3-21-13-6-4-5-12(9-13)11(2)18-16(20)14-10-22-15(19-14)7-8-17/h4-6,9-11H,3,7-8,17H2,1-2H3,(H,18,20). The molecule has 0 fully saturated rings. The van der Waals surface area contributed by atoms with E-state index in [0.29, 0.717) is 25.3 Å². The maximum Gasteiger partial charge on any atom is 0.271 e. The summed E-state index contributed by atoms with van der Waals surface area (Å²) in [5.74, 6) is 0.633. The zero-order valence-corrected chi connectivity index (χ0v) is 13.7. The van der Waals surface area contributed by atoms with Gasteiger partial charge >= 0.3 is 0 Å². The number of ether oxygens (including phenoxy) is 1. The van der Waals surface area contributed by atoms with Gasteiger partial charge in [0.1, 0.15) is 11.4 Å². The van der Waals surface area contributed by atoms with E-state index in [1.807, 2.05) is 38.1 Å². The number of amides is 1. The van der Waals surface area contributed by atoms with Gasteiger partial charge < -0.3 is 15.8 Å². The van der Waals surface area contributed by atoms with E-state index in [4.69, 9.17) is 10.5 Å². The molecular weight excluding hydrogens is 298 g/mol. The zero-order valence-electron chi connectivity index (χ0n) is 12.8. The molecule has 1 heterocycles. The van der Waals surface area contributed by atoms with Gasteiger partial charge in [-0.15, -0.1) is 11.3 Å². The van der Waals surface area contributed by atoms with Gasteiger partial charge in [0.2, 0.25) is 0 Å². The summed E-state index contributed by atoms with van der Waals surface area (Å²) >= 11 is 1.46. The van der Waals surface area contributed by atoms with Gasteiger partial charge in [-0.1, -0.05) is 12.1 Å². The molecule has 0 aliphatic carbocycles. The average Bonchev–Trinajstić information content (AvgIpc) is 2.97. The number of nitrogens with one attached hydrogen (secondary N) is 1. The first kappa shape index (κ1) is 16.5. The Balaban J connectivity index is 2.02. The van der Waals surface area contributed by atoms with Gasteiger partial charge in [0.15, 0.2) is 0 Å². The number of aromatic nitrogens is 1. The SMILES string of the molecule is CCOc1cccc(C(C)NC(=O)c2csc(CCN)n2)c1. The topological polar surface area (TPSA) is 77.2 Å². The van der Waals surface area contributed by atoms with Crippen molar-refractivity contribution in [2.24, 2.45) is 5.73 Å². The van der Waals surface area contributed by atoms with E-state index in [1.54, 1.807) is 5.38 Å². The quantitative estimate of drug-likeness (QED) is 0.822. The number of hydrogen-bond acceptors (Lipinski definition) is 5. The van der Waals surface area contributed by atoms with Crippen molar-refractivity contribution >= 4 is 17.2 Å². The van der Waals surface area contributed by atoms with E-state index in [1.165, 1.54) is 11.3 Å². The van der Waals surface area contributed by atoms with Crippen LogP contribution >= 0.6 is 11.3 Å². The molecule has 1 unspecified atom stereocenters. The van der Waals surface area contributed by atoms with Crippen molar-refractivity contribution in [1.82, 2.24) is 10.3 Å². The van der Waals surface area contributed by atoms with Crippen LogP contribution in [0.3, 0.4) is 0 Å². The molecule has 0 saturated carbocycles. The van der Waals surface area contributed by atoms with Crippen molar-refractivity contribution in [3.8, 4) is 5.75 Å². The Hall–Kier alpha value is -1.92. The third-order valence-corrected chi connectivity index (χ3v) is 4.07. The molecule has 0 aliphatic rings. The molecule has 1 aromatic carbocycles. The van der Waals surface area contributed by atoms with Gasteiger partial charge in [0.05, 0.1) is 17.7 Å². The highest BCUT2D eigenvalue weighted by molar-refractivity contribution is 7.09. The third kappa shape index (κ3) is 4.29. The number of nitrogens with zero attached hydrogens (tertiary/aromatic N) is 1. The molecule has 6 heteroatoms. The molecule has 22 heavy (non-hydrogen) atoms. The number of benzene rings is 1. The summed E-state index contributed by atoms with van der Waals surface area (Å²) in [4.78, 5) is 16.5. The molecule has 1 aromatic heterocycles. The first-order chi connectivity index (χ1) is 10.6. The lowest BCUT2D eigenvalue weighted by Crippen LogP contribution is -2.27. The van der Waals surface area contributed by atoms with Crippen LogP contribution in [0.1, 0.15) is 40.9 Å². The smallest absolute Gasteiger partial charge is 0.271 e. The van der Waals surface area contributed by atoms with Crippen LogP contribution in [0.2, 0.25) is 0 Å². The van der Waals surface area contributed by atoms with Crippen LogP contribution in [0.25, 0.3) is 0 Å². The highest BCUT2D eigenvalue weighted by Gasteiger charge is 2.14. The average molecular weight is 319 g/mol. The summed E-state index contributed by atoms with van der Waals surface area (Å²) in [6.45, 7) is 5.04. The molecule has 0 spiro atoms. The molecule has 2 rings (SSSR count). The third-order valence-electron chi connectivity index (χ3n) is 3.16. The molecule has 3 N–H and O–H groups in total. The van der Waals surface area contributed by atoms with Crippen molar-refractivity contribution in [1.29, 1.82) is 0 Å². The normalized spacial score (nSPS) is 12.0. The Kier molecular flexibility index (Phi) is 5.91.